The van der Waals surface area contributed by atoms with Crippen LogP contribution in [-0.2, 0) is 16.0 Å². The van der Waals surface area contributed by atoms with Crippen molar-refractivity contribution in [2.45, 2.75) is 13.3 Å². The van der Waals surface area contributed by atoms with Crippen molar-refractivity contribution < 1.29 is 14.3 Å². The second-order valence-corrected chi connectivity index (χ2v) is 6.05. The molecule has 0 aliphatic heterocycles. The average molecular weight is 404 g/mol. The fraction of sp³-hybridized carbons (Fsp3) is 0.167. The number of halogens is 1. The highest BCUT2D eigenvalue weighted by molar-refractivity contribution is 9.10. The summed E-state index contributed by atoms with van der Waals surface area (Å²) in [6, 6.07) is 10.1. The maximum absolute atomic E-state index is 12.5. The molecule has 0 saturated carbocycles. The molecule has 2 aromatic rings. The van der Waals surface area contributed by atoms with Crippen molar-refractivity contribution in [3.05, 3.63) is 57.6 Å². The molecular formula is C18H18BrN3O3. The Morgan fingerprint density at radius 2 is 2.04 bits per heavy atom. The highest BCUT2D eigenvalue weighted by Gasteiger charge is 2.14. The first kappa shape index (κ1) is 18.7. The van der Waals surface area contributed by atoms with Crippen LogP contribution in [0.3, 0.4) is 0 Å². The van der Waals surface area contributed by atoms with E-state index in [2.05, 4.69) is 21.2 Å². The lowest BCUT2D eigenvalue weighted by Gasteiger charge is -2.12. The highest BCUT2D eigenvalue weighted by Crippen LogP contribution is 2.24. The molecule has 1 amide bonds. The Hall–Kier alpha value is -2.67. The van der Waals surface area contributed by atoms with Crippen molar-refractivity contribution in [2.24, 2.45) is 0 Å². The van der Waals surface area contributed by atoms with Crippen molar-refractivity contribution in [3.8, 4) is 0 Å². The molecule has 0 aliphatic carbocycles. The van der Waals surface area contributed by atoms with E-state index in [1.165, 1.54) is 6.07 Å². The van der Waals surface area contributed by atoms with Gasteiger partial charge in [-0.3, -0.25) is 9.59 Å². The van der Waals surface area contributed by atoms with Crippen LogP contribution < -0.4 is 11.1 Å². The van der Waals surface area contributed by atoms with Gasteiger partial charge in [0.1, 0.15) is 0 Å². The van der Waals surface area contributed by atoms with Crippen LogP contribution >= 0.6 is 15.9 Å². The first-order valence-electron chi connectivity index (χ1n) is 7.60. The summed E-state index contributed by atoms with van der Waals surface area (Å²) in [6.07, 6.45) is 1.19. The van der Waals surface area contributed by atoms with Gasteiger partial charge in [0.25, 0.3) is 5.91 Å². The molecule has 0 spiro atoms. The number of hydrogen-bond acceptors (Lipinski definition) is 5. The predicted octanol–water partition coefficient (Wildman–Crippen LogP) is 3.39. The van der Waals surface area contributed by atoms with Gasteiger partial charge in [0.15, 0.2) is 0 Å². The molecular weight excluding hydrogens is 386 g/mol. The van der Waals surface area contributed by atoms with Gasteiger partial charge in [0.05, 0.1) is 13.0 Å². The number of esters is 1. The number of hydrogen-bond donors (Lipinski definition) is 3. The average Bonchev–Trinajstić information content (AvgIpc) is 2.56. The Morgan fingerprint density at radius 3 is 2.68 bits per heavy atom. The van der Waals surface area contributed by atoms with E-state index >= 15 is 0 Å². The SMILES string of the molecule is CCOC(=O)Cc1ccccc1NC(=O)c1cc(N)c(C=N)c(Br)c1. The maximum Gasteiger partial charge on any atom is 0.310 e. The van der Waals surface area contributed by atoms with Crippen molar-refractivity contribution in [1.29, 1.82) is 5.41 Å². The van der Waals surface area contributed by atoms with E-state index in [9.17, 15) is 9.59 Å². The largest absolute Gasteiger partial charge is 0.466 e. The Kier molecular flexibility index (Phi) is 6.30. The van der Waals surface area contributed by atoms with Crippen LogP contribution in [0.2, 0.25) is 0 Å². The van der Waals surface area contributed by atoms with Crippen LogP contribution in [0.4, 0.5) is 11.4 Å². The summed E-state index contributed by atoms with van der Waals surface area (Å²) in [7, 11) is 0. The third kappa shape index (κ3) is 4.67. The zero-order valence-corrected chi connectivity index (χ0v) is 15.2. The minimum Gasteiger partial charge on any atom is -0.466 e. The number of carbonyl (C=O) groups excluding carboxylic acids is 2. The van der Waals surface area contributed by atoms with Gasteiger partial charge in [-0.1, -0.05) is 34.1 Å². The number of benzene rings is 2. The first-order chi connectivity index (χ1) is 12.0. The van der Waals surface area contributed by atoms with E-state index in [1.807, 2.05) is 0 Å². The molecule has 2 rings (SSSR count). The summed E-state index contributed by atoms with van der Waals surface area (Å²) >= 11 is 3.30. The molecule has 4 N–H and O–H groups in total. The third-order valence-electron chi connectivity index (χ3n) is 3.47. The molecule has 0 atom stereocenters. The van der Waals surface area contributed by atoms with Crippen molar-refractivity contribution in [1.82, 2.24) is 0 Å². The van der Waals surface area contributed by atoms with Crippen molar-refractivity contribution in [2.75, 3.05) is 17.7 Å². The van der Waals surface area contributed by atoms with Crippen LogP contribution in [0.5, 0.6) is 0 Å². The smallest absolute Gasteiger partial charge is 0.310 e. The Balaban J connectivity index is 2.24. The molecule has 0 aliphatic rings. The van der Waals surface area contributed by atoms with E-state index in [0.29, 0.717) is 39.1 Å². The second-order valence-electron chi connectivity index (χ2n) is 5.20. The van der Waals surface area contributed by atoms with E-state index in [1.54, 1.807) is 37.3 Å². The Bertz CT molecular complexity index is 798. The third-order valence-corrected chi connectivity index (χ3v) is 4.13. The summed E-state index contributed by atoms with van der Waals surface area (Å²) in [5.41, 5.74) is 8.26. The number of amides is 1. The number of rotatable bonds is 6. The van der Waals surface area contributed by atoms with Crippen LogP contribution in [0, 0.1) is 5.41 Å². The molecule has 0 unspecified atom stereocenters. The number of anilines is 2. The second kappa shape index (κ2) is 8.43. The molecule has 0 radical (unpaired) electrons. The van der Waals surface area contributed by atoms with Gasteiger partial charge in [0, 0.05) is 33.2 Å². The first-order valence-corrected chi connectivity index (χ1v) is 8.40. The number of nitrogens with one attached hydrogen (secondary N) is 2. The number of nitrogens with two attached hydrogens (primary N) is 1. The standard InChI is InChI=1S/C18H18BrN3O3/c1-2-25-17(23)9-11-5-3-4-6-16(11)22-18(24)12-7-14(19)13(10-20)15(21)8-12/h3-8,10,20H,2,9,21H2,1H3,(H,22,24). The van der Waals surface area contributed by atoms with E-state index in [0.717, 1.165) is 6.21 Å². The quantitative estimate of drug-likeness (QED) is 0.390. The van der Waals surface area contributed by atoms with Gasteiger partial charge in [-0.05, 0) is 30.7 Å². The van der Waals surface area contributed by atoms with Gasteiger partial charge >= 0.3 is 5.97 Å². The minimum absolute atomic E-state index is 0.0723. The molecule has 0 heterocycles. The Morgan fingerprint density at radius 1 is 1.32 bits per heavy atom. The zero-order valence-electron chi connectivity index (χ0n) is 13.6. The maximum atomic E-state index is 12.5. The van der Waals surface area contributed by atoms with Gasteiger partial charge in [-0.2, -0.15) is 0 Å². The number of carbonyl (C=O) groups is 2. The monoisotopic (exact) mass is 403 g/mol. The van der Waals surface area contributed by atoms with Crippen molar-refractivity contribution >= 4 is 45.4 Å². The van der Waals surface area contributed by atoms with Gasteiger partial charge < -0.3 is 21.2 Å². The number of ether oxygens (including phenoxy) is 1. The Labute approximate surface area is 154 Å². The number of nitrogen functional groups attached to an aromatic ring is 1. The highest BCUT2D eigenvalue weighted by atomic mass is 79.9. The lowest BCUT2D eigenvalue weighted by molar-refractivity contribution is -0.142. The number of para-hydroxylation sites is 1. The summed E-state index contributed by atoms with van der Waals surface area (Å²) in [4.78, 5) is 24.2. The van der Waals surface area contributed by atoms with Crippen LogP contribution in [-0.4, -0.2) is 24.7 Å². The molecule has 130 valence electrons. The van der Waals surface area contributed by atoms with Crippen LogP contribution in [0.15, 0.2) is 40.9 Å². The zero-order chi connectivity index (χ0) is 18.4. The summed E-state index contributed by atoms with van der Waals surface area (Å²) in [5, 5.41) is 10.1. The fourth-order valence-corrected chi connectivity index (χ4v) is 2.87. The van der Waals surface area contributed by atoms with Gasteiger partial charge in [0.2, 0.25) is 0 Å². The molecule has 0 saturated heterocycles. The lowest BCUT2D eigenvalue weighted by atomic mass is 10.1. The molecule has 0 aromatic heterocycles. The molecule has 0 fully saturated rings. The molecule has 25 heavy (non-hydrogen) atoms. The van der Waals surface area contributed by atoms with E-state index in [4.69, 9.17) is 15.9 Å². The van der Waals surface area contributed by atoms with Crippen LogP contribution in [0.25, 0.3) is 0 Å². The predicted molar refractivity (Wildman–Crippen MR) is 101 cm³/mol. The molecule has 0 bridgehead atoms. The normalized spacial score (nSPS) is 10.2. The van der Waals surface area contributed by atoms with Crippen LogP contribution in [0.1, 0.15) is 28.4 Å². The topological polar surface area (TPSA) is 105 Å². The van der Waals surface area contributed by atoms with Crippen molar-refractivity contribution in [3.63, 3.8) is 0 Å². The van der Waals surface area contributed by atoms with E-state index < -0.39 is 0 Å². The molecule has 6 nitrogen and oxygen atoms in total. The summed E-state index contributed by atoms with van der Waals surface area (Å²) < 4.78 is 5.51. The van der Waals surface area contributed by atoms with Gasteiger partial charge in [-0.15, -0.1) is 0 Å². The minimum atomic E-state index is -0.361. The van der Waals surface area contributed by atoms with Gasteiger partial charge in [-0.25, -0.2) is 0 Å². The summed E-state index contributed by atoms with van der Waals surface area (Å²) in [6.45, 7) is 2.05. The molecule has 2 aromatic carbocycles. The summed E-state index contributed by atoms with van der Waals surface area (Å²) in [5.74, 6) is -0.716. The lowest BCUT2D eigenvalue weighted by Crippen LogP contribution is -2.16. The van der Waals surface area contributed by atoms with E-state index in [-0.39, 0.29) is 18.3 Å². The fourth-order valence-electron chi connectivity index (χ4n) is 2.28. The molecule has 7 heteroatoms.